The monoisotopic (exact) mass is 428 g/mol. The van der Waals surface area contributed by atoms with E-state index >= 15 is 0 Å². The lowest BCUT2D eigenvalue weighted by molar-refractivity contribution is -0.384. The summed E-state index contributed by atoms with van der Waals surface area (Å²) in [6.45, 7) is 4.47. The van der Waals surface area contributed by atoms with E-state index in [0.29, 0.717) is 31.5 Å². The van der Waals surface area contributed by atoms with Crippen molar-refractivity contribution in [2.75, 3.05) is 44.2 Å². The quantitative estimate of drug-likeness (QED) is 0.541. The fourth-order valence-electron chi connectivity index (χ4n) is 5.09. The topological polar surface area (TPSA) is 87.0 Å². The third kappa shape index (κ3) is 4.83. The van der Waals surface area contributed by atoms with Crippen molar-refractivity contribution in [1.82, 2.24) is 9.80 Å². The maximum atomic E-state index is 13.4. The molecule has 3 fully saturated rings. The van der Waals surface area contributed by atoms with Gasteiger partial charge in [0.2, 0.25) is 5.91 Å². The molecule has 4 rings (SSSR count). The number of carbonyl (C=O) groups is 2. The van der Waals surface area contributed by atoms with Gasteiger partial charge in [-0.25, -0.2) is 0 Å². The summed E-state index contributed by atoms with van der Waals surface area (Å²) in [5.41, 5.74) is 1.14. The number of hydrogen-bond donors (Lipinski definition) is 0. The highest BCUT2D eigenvalue weighted by Gasteiger charge is 2.32. The molecule has 3 aliphatic heterocycles. The molecule has 8 heteroatoms. The number of rotatable bonds is 4. The average molecular weight is 429 g/mol. The van der Waals surface area contributed by atoms with Crippen LogP contribution in [0.2, 0.25) is 0 Å². The van der Waals surface area contributed by atoms with Crippen LogP contribution in [0.1, 0.15) is 61.7 Å². The largest absolute Gasteiger partial charge is 0.371 e. The fourth-order valence-corrected chi connectivity index (χ4v) is 5.09. The van der Waals surface area contributed by atoms with Gasteiger partial charge in [0, 0.05) is 57.3 Å². The molecule has 1 aromatic carbocycles. The highest BCUT2D eigenvalue weighted by Crippen LogP contribution is 2.31. The second kappa shape index (κ2) is 9.66. The number of anilines is 1. The van der Waals surface area contributed by atoms with Crippen molar-refractivity contribution in [3.63, 3.8) is 0 Å². The first-order valence-corrected chi connectivity index (χ1v) is 11.7. The van der Waals surface area contributed by atoms with Gasteiger partial charge in [-0.05, 0) is 44.6 Å². The third-order valence-electron chi connectivity index (χ3n) is 6.92. The predicted molar refractivity (Wildman–Crippen MR) is 118 cm³/mol. The molecule has 168 valence electrons. The van der Waals surface area contributed by atoms with Crippen LogP contribution in [0.5, 0.6) is 0 Å². The average Bonchev–Trinajstić information content (AvgIpc) is 3.20. The van der Waals surface area contributed by atoms with Crippen LogP contribution in [-0.4, -0.2) is 65.8 Å². The Balaban J connectivity index is 1.45. The Morgan fingerprint density at radius 1 is 0.839 bits per heavy atom. The lowest BCUT2D eigenvalue weighted by atomic mass is 9.94. The van der Waals surface area contributed by atoms with Gasteiger partial charge in [0.15, 0.2) is 0 Å². The van der Waals surface area contributed by atoms with Crippen LogP contribution in [0.4, 0.5) is 11.4 Å². The Bertz CT molecular complexity index is 821. The summed E-state index contributed by atoms with van der Waals surface area (Å²) in [4.78, 5) is 43.1. The number of likely N-dealkylation sites (tertiary alicyclic amines) is 2. The van der Waals surface area contributed by atoms with Crippen LogP contribution in [-0.2, 0) is 4.79 Å². The number of nitrogens with zero attached hydrogens (tertiary/aromatic N) is 4. The van der Waals surface area contributed by atoms with Crippen molar-refractivity contribution >= 4 is 23.2 Å². The van der Waals surface area contributed by atoms with Crippen molar-refractivity contribution in [3.8, 4) is 0 Å². The summed E-state index contributed by atoms with van der Waals surface area (Å²) < 4.78 is 0. The highest BCUT2D eigenvalue weighted by molar-refractivity contribution is 6.00. The summed E-state index contributed by atoms with van der Waals surface area (Å²) >= 11 is 0. The summed E-state index contributed by atoms with van der Waals surface area (Å²) in [5.74, 6) is 0.0543. The van der Waals surface area contributed by atoms with Gasteiger partial charge in [0.1, 0.15) is 0 Å². The molecule has 0 bridgehead atoms. The van der Waals surface area contributed by atoms with E-state index in [1.807, 2.05) is 4.90 Å². The molecule has 1 aromatic rings. The Labute approximate surface area is 183 Å². The Morgan fingerprint density at radius 2 is 1.45 bits per heavy atom. The number of nitro benzene ring substituents is 1. The van der Waals surface area contributed by atoms with Gasteiger partial charge < -0.3 is 14.7 Å². The summed E-state index contributed by atoms with van der Waals surface area (Å²) in [6.07, 6.45) is 8.00. The molecule has 8 nitrogen and oxygen atoms in total. The van der Waals surface area contributed by atoms with Crippen LogP contribution in [0.25, 0.3) is 0 Å². The number of carbonyl (C=O) groups excluding carboxylic acids is 2. The fraction of sp³-hybridized carbons (Fsp3) is 0.652. The summed E-state index contributed by atoms with van der Waals surface area (Å²) in [5, 5.41) is 11.3. The first kappa shape index (κ1) is 21.6. The number of nitro groups is 1. The van der Waals surface area contributed by atoms with E-state index in [9.17, 15) is 19.7 Å². The molecule has 3 aliphatic rings. The lowest BCUT2D eigenvalue weighted by Gasteiger charge is -2.34. The van der Waals surface area contributed by atoms with E-state index in [-0.39, 0.29) is 23.4 Å². The zero-order valence-corrected chi connectivity index (χ0v) is 18.1. The van der Waals surface area contributed by atoms with Gasteiger partial charge in [-0.2, -0.15) is 0 Å². The van der Waals surface area contributed by atoms with Crippen molar-refractivity contribution in [3.05, 3.63) is 33.9 Å². The van der Waals surface area contributed by atoms with E-state index < -0.39 is 4.92 Å². The molecular weight excluding hydrogens is 396 g/mol. The van der Waals surface area contributed by atoms with Crippen LogP contribution < -0.4 is 4.90 Å². The van der Waals surface area contributed by atoms with Crippen molar-refractivity contribution in [2.45, 2.75) is 51.4 Å². The van der Waals surface area contributed by atoms with E-state index in [1.54, 1.807) is 11.0 Å². The molecule has 3 heterocycles. The smallest absolute Gasteiger partial charge is 0.270 e. The van der Waals surface area contributed by atoms with E-state index in [1.165, 1.54) is 25.0 Å². The Morgan fingerprint density at radius 3 is 2.06 bits per heavy atom. The number of benzene rings is 1. The normalized spacial score (nSPS) is 20.6. The summed E-state index contributed by atoms with van der Waals surface area (Å²) in [6, 6.07) is 4.62. The van der Waals surface area contributed by atoms with Crippen LogP contribution in [0.15, 0.2) is 18.2 Å². The number of non-ortho nitro benzene ring substituents is 1. The molecule has 31 heavy (non-hydrogen) atoms. The maximum absolute atomic E-state index is 13.4. The molecule has 0 radical (unpaired) electrons. The molecule has 0 spiro atoms. The molecule has 0 unspecified atom stereocenters. The van der Waals surface area contributed by atoms with E-state index in [2.05, 4.69) is 4.90 Å². The van der Waals surface area contributed by atoms with E-state index in [4.69, 9.17) is 0 Å². The molecule has 2 amide bonds. The zero-order valence-electron chi connectivity index (χ0n) is 18.1. The van der Waals surface area contributed by atoms with Crippen LogP contribution in [0.3, 0.4) is 0 Å². The molecule has 0 atom stereocenters. The second-order valence-electron chi connectivity index (χ2n) is 8.96. The first-order valence-electron chi connectivity index (χ1n) is 11.7. The van der Waals surface area contributed by atoms with Crippen LogP contribution in [0, 0.1) is 16.0 Å². The molecule has 0 aromatic heterocycles. The van der Waals surface area contributed by atoms with Crippen LogP contribution >= 0.6 is 0 Å². The molecule has 0 N–H and O–H groups in total. The number of piperidine rings is 1. The number of hydrogen-bond acceptors (Lipinski definition) is 5. The van der Waals surface area contributed by atoms with Gasteiger partial charge in [0.05, 0.1) is 16.2 Å². The summed E-state index contributed by atoms with van der Waals surface area (Å²) in [7, 11) is 0. The van der Waals surface area contributed by atoms with Crippen molar-refractivity contribution < 1.29 is 14.5 Å². The van der Waals surface area contributed by atoms with Gasteiger partial charge in [0.25, 0.3) is 11.6 Å². The van der Waals surface area contributed by atoms with Crippen molar-refractivity contribution in [1.29, 1.82) is 0 Å². The Kier molecular flexibility index (Phi) is 6.73. The number of amides is 2. The second-order valence-corrected chi connectivity index (χ2v) is 8.96. The minimum atomic E-state index is -0.448. The lowest BCUT2D eigenvalue weighted by Crippen LogP contribution is -2.45. The predicted octanol–water partition coefficient (Wildman–Crippen LogP) is 3.45. The third-order valence-corrected chi connectivity index (χ3v) is 6.92. The van der Waals surface area contributed by atoms with Gasteiger partial charge >= 0.3 is 0 Å². The van der Waals surface area contributed by atoms with Gasteiger partial charge in [-0.1, -0.05) is 12.8 Å². The van der Waals surface area contributed by atoms with Crippen molar-refractivity contribution in [2.24, 2.45) is 5.92 Å². The van der Waals surface area contributed by atoms with Gasteiger partial charge in [-0.15, -0.1) is 0 Å². The zero-order chi connectivity index (χ0) is 21.8. The minimum Gasteiger partial charge on any atom is -0.371 e. The molecule has 0 aliphatic carbocycles. The Hall–Kier alpha value is -2.64. The first-order chi connectivity index (χ1) is 15.0. The van der Waals surface area contributed by atoms with E-state index in [0.717, 1.165) is 57.5 Å². The molecular formula is C23H32N4O4. The molecule has 0 saturated carbocycles. The highest BCUT2D eigenvalue weighted by atomic mass is 16.6. The minimum absolute atomic E-state index is 0.0229. The SMILES string of the molecule is O=C(c1cc([N+](=O)[O-])ccc1N1CCCC1)N1CCC(C(=O)N2CCCCCC2)CC1. The van der Waals surface area contributed by atoms with Gasteiger partial charge in [-0.3, -0.25) is 19.7 Å². The standard InChI is InChI=1S/C23H32N4O4/c28-22(25-13-3-1-2-4-14-25)18-9-15-26(16-10-18)23(29)20-17-19(27(30)31)7-8-21(20)24-11-5-6-12-24/h7-8,17-18H,1-6,9-16H2. The maximum Gasteiger partial charge on any atom is 0.270 e. The molecule has 3 saturated heterocycles.